The number of nitrogens with one attached hydrogen (secondary N) is 2. The molecule has 0 spiro atoms. The van der Waals surface area contributed by atoms with E-state index in [0.717, 1.165) is 62.6 Å². The third kappa shape index (κ3) is 8.30. The Morgan fingerprint density at radius 2 is 1.75 bits per heavy atom. The number of carbonyl (C=O) groups is 1. The van der Waals surface area contributed by atoms with Gasteiger partial charge in [0.2, 0.25) is 0 Å². The van der Waals surface area contributed by atoms with E-state index < -0.39 is 64.4 Å². The van der Waals surface area contributed by atoms with Gasteiger partial charge in [0, 0.05) is 30.2 Å². The van der Waals surface area contributed by atoms with Crippen LogP contribution in [0.4, 0.5) is 0 Å². The smallest absolute Gasteiger partial charge is 0.182 e. The maximum Gasteiger partial charge on any atom is 0.182 e. The largest absolute Gasteiger partial charge is 0.396 e. The number of dihydropyridines is 1. The van der Waals surface area contributed by atoms with Gasteiger partial charge in [-0.3, -0.25) is 4.79 Å². The quantitative estimate of drug-likeness (QED) is 0.100. The Hall–Kier alpha value is -1.87. The van der Waals surface area contributed by atoms with E-state index >= 15 is 4.79 Å². The van der Waals surface area contributed by atoms with E-state index in [4.69, 9.17) is 10.5 Å². The van der Waals surface area contributed by atoms with Crippen molar-refractivity contribution in [1.82, 2.24) is 10.6 Å². The number of ether oxygens (including phenoxy) is 1. The van der Waals surface area contributed by atoms with Crippen molar-refractivity contribution in [2.45, 2.75) is 217 Å². The summed E-state index contributed by atoms with van der Waals surface area (Å²) in [5.41, 5.74) is 4.46. The molecule has 6 fully saturated rings. The normalized spacial score (nSPS) is 43.4. The number of allylic oxidation sites excluding steroid dienone is 4. The molecule has 0 aromatic carbocycles. The van der Waals surface area contributed by atoms with Gasteiger partial charge >= 0.3 is 0 Å². The number of rotatable bonds is 15. The van der Waals surface area contributed by atoms with Crippen LogP contribution in [0.2, 0.25) is 0 Å². The van der Waals surface area contributed by atoms with Crippen LogP contribution in [0.1, 0.15) is 163 Å². The summed E-state index contributed by atoms with van der Waals surface area (Å²) in [6, 6.07) is 0. The highest BCUT2D eigenvalue weighted by Crippen LogP contribution is 2.73. The summed E-state index contributed by atoms with van der Waals surface area (Å²) in [5, 5.41) is 90.4. The molecule has 64 heavy (non-hydrogen) atoms. The van der Waals surface area contributed by atoms with E-state index in [1.54, 1.807) is 13.8 Å². The number of nitrogens with two attached hydrogens (primary N) is 1. The van der Waals surface area contributed by atoms with Crippen molar-refractivity contribution in [3.63, 3.8) is 0 Å². The van der Waals surface area contributed by atoms with E-state index in [0.29, 0.717) is 74.5 Å². The van der Waals surface area contributed by atoms with Crippen LogP contribution in [0.25, 0.3) is 0 Å². The van der Waals surface area contributed by atoms with Crippen molar-refractivity contribution in [1.29, 1.82) is 0 Å². The van der Waals surface area contributed by atoms with Gasteiger partial charge in [-0.25, -0.2) is 0 Å². The second kappa shape index (κ2) is 19.3. The average molecular weight is 896 g/mol. The highest BCUT2D eigenvalue weighted by atomic mass is 16.5. The lowest BCUT2D eigenvalue weighted by Crippen LogP contribution is -2.68. The molecule has 12 heteroatoms. The summed E-state index contributed by atoms with van der Waals surface area (Å²) in [5.74, 6) is -0.516. The number of hydrogen-bond donors (Lipinski definition) is 10. The second-order valence-corrected chi connectivity index (χ2v) is 22.7. The Bertz CT molecular complexity index is 1760. The minimum absolute atomic E-state index is 0.0387. The molecule has 0 bridgehead atoms. The van der Waals surface area contributed by atoms with Crippen molar-refractivity contribution >= 4 is 5.78 Å². The van der Waals surface area contributed by atoms with Crippen molar-refractivity contribution < 1.29 is 45.3 Å². The summed E-state index contributed by atoms with van der Waals surface area (Å²) in [6.07, 6.45) is 15.2. The molecular weight excluding hydrogens is 811 g/mol. The molecule has 0 aromatic heterocycles. The first-order valence-electron chi connectivity index (χ1n) is 25.9. The fraction of sp³-hybridized carbons (Fsp3) is 0.865. The highest BCUT2D eigenvalue weighted by molar-refractivity contribution is 6.00. The van der Waals surface area contributed by atoms with Crippen LogP contribution in [0.15, 0.2) is 34.7 Å². The molecule has 2 heterocycles. The Morgan fingerprint density at radius 1 is 1.00 bits per heavy atom. The van der Waals surface area contributed by atoms with Gasteiger partial charge in [-0.2, -0.15) is 0 Å². The number of Topliss-reactive ketones (excluding diaryl/α,β-unsaturated/α-hetero) is 1. The maximum absolute atomic E-state index is 15.5. The lowest BCUT2D eigenvalue weighted by Gasteiger charge is -2.65. The summed E-state index contributed by atoms with van der Waals surface area (Å²) >= 11 is 0. The number of fused-ring (bicyclic) bond motifs is 6. The van der Waals surface area contributed by atoms with Crippen LogP contribution in [0, 0.1) is 52.3 Å². The van der Waals surface area contributed by atoms with E-state index in [2.05, 4.69) is 24.5 Å². The van der Waals surface area contributed by atoms with Gasteiger partial charge in [-0.05, 0) is 168 Å². The van der Waals surface area contributed by atoms with Crippen LogP contribution < -0.4 is 16.4 Å². The van der Waals surface area contributed by atoms with Crippen LogP contribution in [-0.2, 0) is 9.53 Å². The van der Waals surface area contributed by atoms with Crippen molar-refractivity contribution in [3.8, 4) is 0 Å². The molecule has 0 amide bonds. The molecule has 362 valence electrons. The summed E-state index contributed by atoms with van der Waals surface area (Å²) in [6.45, 7) is 8.07. The Balaban J connectivity index is 1.20. The number of aliphatic hydroxyl groups is 7. The van der Waals surface area contributed by atoms with Crippen LogP contribution >= 0.6 is 0 Å². The zero-order valence-electron chi connectivity index (χ0n) is 39.5. The average Bonchev–Trinajstić information content (AvgIpc) is 3.69. The van der Waals surface area contributed by atoms with Gasteiger partial charge in [-0.1, -0.05) is 58.4 Å². The first-order chi connectivity index (χ1) is 30.5. The summed E-state index contributed by atoms with van der Waals surface area (Å²) < 4.78 is 6.87. The maximum atomic E-state index is 15.5. The predicted molar refractivity (Wildman–Crippen MR) is 246 cm³/mol. The summed E-state index contributed by atoms with van der Waals surface area (Å²) in [7, 11) is 0. The van der Waals surface area contributed by atoms with Gasteiger partial charge in [-0.15, -0.1) is 0 Å². The topological polar surface area (TPSA) is 218 Å². The fourth-order valence-electron chi connectivity index (χ4n) is 16.2. The molecule has 2 aliphatic heterocycles. The number of carbonyl (C=O) groups excluding carboxylic acids is 1. The molecule has 11 N–H and O–H groups in total. The van der Waals surface area contributed by atoms with E-state index in [9.17, 15) is 35.7 Å². The minimum Gasteiger partial charge on any atom is -0.396 e. The molecule has 6 aliphatic carbocycles. The first kappa shape index (κ1) is 48.6. The lowest BCUT2D eigenvalue weighted by molar-refractivity contribution is -0.220. The van der Waals surface area contributed by atoms with E-state index in [-0.39, 0.29) is 61.8 Å². The number of ketones is 1. The summed E-state index contributed by atoms with van der Waals surface area (Å²) in [4.78, 5) is 15.5. The zero-order chi connectivity index (χ0) is 45.8. The molecule has 8 rings (SSSR count). The lowest BCUT2D eigenvalue weighted by atomic mass is 9.41. The van der Waals surface area contributed by atoms with Crippen molar-refractivity contribution in [3.05, 3.63) is 34.7 Å². The third-order valence-corrected chi connectivity index (χ3v) is 19.2. The van der Waals surface area contributed by atoms with Crippen LogP contribution in [0.3, 0.4) is 0 Å². The Morgan fingerprint density at radius 3 is 2.47 bits per heavy atom. The molecule has 17 atom stereocenters. The third-order valence-electron chi connectivity index (χ3n) is 19.2. The molecular formula is C52H85N3O9. The van der Waals surface area contributed by atoms with Crippen LogP contribution in [-0.4, -0.2) is 109 Å². The van der Waals surface area contributed by atoms with E-state index in [1.807, 2.05) is 12.2 Å². The van der Waals surface area contributed by atoms with Crippen molar-refractivity contribution in [2.24, 2.45) is 58.0 Å². The van der Waals surface area contributed by atoms with Gasteiger partial charge < -0.3 is 56.8 Å². The number of hydrogen-bond acceptors (Lipinski definition) is 12. The van der Waals surface area contributed by atoms with Gasteiger partial charge in [0.25, 0.3) is 0 Å². The molecule has 1 saturated heterocycles. The first-order valence-corrected chi connectivity index (χ1v) is 25.9. The number of aliphatic hydroxyl groups excluding tert-OH is 5. The molecule has 17 unspecified atom stereocenters. The van der Waals surface area contributed by atoms with Gasteiger partial charge in [0.1, 0.15) is 6.10 Å². The van der Waals surface area contributed by atoms with Gasteiger partial charge in [0.15, 0.2) is 5.78 Å². The van der Waals surface area contributed by atoms with Crippen LogP contribution in [0.5, 0.6) is 0 Å². The SMILES string of the molecule is CCCC1CCC2OC(C(O)C(C)(O)C3CCC4(O)C5=C(NCC(C)O)C(=O)C6CC(O)C(O)CC6(CCC6=C(CCCO)NC(N)C=C6)C5CCC34C3CCCCC3)C(C)C2CC1. The monoisotopic (exact) mass is 896 g/mol. The second-order valence-electron chi connectivity index (χ2n) is 22.7. The molecule has 0 aromatic rings. The molecule has 5 saturated carbocycles. The van der Waals surface area contributed by atoms with E-state index in [1.165, 1.54) is 19.3 Å². The molecule has 12 nitrogen and oxygen atoms in total. The predicted octanol–water partition coefficient (Wildman–Crippen LogP) is 5.40. The highest BCUT2D eigenvalue weighted by Gasteiger charge is 2.74. The molecule has 0 radical (unpaired) electrons. The van der Waals surface area contributed by atoms with Crippen molar-refractivity contribution in [2.75, 3.05) is 13.2 Å². The minimum atomic E-state index is -1.61. The van der Waals surface area contributed by atoms with Gasteiger partial charge in [0.05, 0.1) is 53.6 Å². The Labute approximate surface area is 383 Å². The Kier molecular flexibility index (Phi) is 14.6. The zero-order valence-corrected chi connectivity index (χ0v) is 39.5. The standard InChI is InChI=1S/C52H85N3O9/c1-5-10-32-14-17-35-31(3)47(64-41(35)18-15-32)48(61)49(4,62)42-22-25-52(63)44-36(21-24-51(42,52)34-11-7-6-8-12-34)50(23-20-33-16-19-43(53)55-38(33)13-9-26-56)28-40(59)39(58)27-37(50)46(60)45(44)54-29-30(2)57/h16,19,30-32,34-37,39-43,47-48,54-59,61-63H,5-15,17-18,20-29,53H2,1-4H3. The fourth-order valence-corrected chi connectivity index (χ4v) is 16.2. The molecule has 8 aliphatic rings.